The Bertz CT molecular complexity index is 798. The fourth-order valence-electron chi connectivity index (χ4n) is 2.47. The van der Waals surface area contributed by atoms with Crippen LogP contribution in [0.4, 0.5) is 0 Å². The molecule has 5 nitrogen and oxygen atoms in total. The van der Waals surface area contributed by atoms with Crippen molar-refractivity contribution in [2.24, 2.45) is 0 Å². The first-order valence-corrected chi connectivity index (χ1v) is 7.48. The number of rotatable bonds is 4. The molecule has 0 bridgehead atoms. The van der Waals surface area contributed by atoms with Gasteiger partial charge in [0.25, 0.3) is 0 Å². The minimum absolute atomic E-state index is 0.509. The van der Waals surface area contributed by atoms with Gasteiger partial charge in [-0.25, -0.2) is 0 Å². The Morgan fingerprint density at radius 1 is 1.00 bits per heavy atom. The first-order chi connectivity index (χ1) is 11.7. The molecule has 0 radical (unpaired) electrons. The molecule has 2 aromatic carbocycles. The third-order valence-corrected chi connectivity index (χ3v) is 3.66. The summed E-state index contributed by atoms with van der Waals surface area (Å²) in [6, 6.07) is 13.2. The van der Waals surface area contributed by atoms with Crippen molar-refractivity contribution >= 4 is 11.6 Å². The molecule has 0 saturated carbocycles. The van der Waals surface area contributed by atoms with Gasteiger partial charge in [0.05, 0.1) is 25.9 Å². The Balaban J connectivity index is 2.00. The summed E-state index contributed by atoms with van der Waals surface area (Å²) in [5.74, 6) is 2.69. The van der Waals surface area contributed by atoms with Crippen LogP contribution >= 0.6 is 0 Å². The van der Waals surface area contributed by atoms with Crippen molar-refractivity contribution in [3.8, 4) is 29.1 Å². The highest BCUT2D eigenvalue weighted by Gasteiger charge is 2.13. The van der Waals surface area contributed by atoms with E-state index in [-0.39, 0.29) is 0 Å². The van der Waals surface area contributed by atoms with Crippen LogP contribution < -0.4 is 18.9 Å². The molecule has 0 fully saturated rings. The predicted octanol–water partition coefficient (Wildman–Crippen LogP) is 3.54. The van der Waals surface area contributed by atoms with Crippen molar-refractivity contribution < 1.29 is 18.9 Å². The second kappa shape index (κ2) is 6.97. The molecule has 122 valence electrons. The van der Waals surface area contributed by atoms with Crippen LogP contribution in [0.1, 0.15) is 11.1 Å². The molecular formula is C19H17NO4. The van der Waals surface area contributed by atoms with Gasteiger partial charge >= 0.3 is 0 Å². The second-order valence-corrected chi connectivity index (χ2v) is 5.17. The summed E-state index contributed by atoms with van der Waals surface area (Å²) in [6.07, 6.45) is 1.79. The van der Waals surface area contributed by atoms with E-state index in [1.807, 2.05) is 30.3 Å². The van der Waals surface area contributed by atoms with Crippen LogP contribution in [0.5, 0.6) is 23.0 Å². The maximum atomic E-state index is 9.54. The van der Waals surface area contributed by atoms with Gasteiger partial charge in [-0.15, -0.1) is 0 Å². The lowest BCUT2D eigenvalue weighted by Crippen LogP contribution is -2.15. The highest BCUT2D eigenvalue weighted by molar-refractivity contribution is 5.90. The summed E-state index contributed by atoms with van der Waals surface area (Å²) < 4.78 is 21.6. The zero-order valence-electron chi connectivity index (χ0n) is 13.5. The van der Waals surface area contributed by atoms with Crippen LogP contribution in [0.3, 0.4) is 0 Å². The van der Waals surface area contributed by atoms with Crippen LogP contribution in [0.25, 0.3) is 11.6 Å². The highest BCUT2D eigenvalue weighted by Crippen LogP contribution is 2.33. The number of fused-ring (bicyclic) bond motifs is 1. The van der Waals surface area contributed by atoms with Crippen LogP contribution in [0.15, 0.2) is 36.4 Å². The fourth-order valence-corrected chi connectivity index (χ4v) is 2.47. The van der Waals surface area contributed by atoms with Crippen molar-refractivity contribution in [2.45, 2.75) is 0 Å². The topological polar surface area (TPSA) is 60.7 Å². The molecule has 0 aromatic heterocycles. The third kappa shape index (κ3) is 3.28. The number of nitriles is 1. The summed E-state index contributed by atoms with van der Waals surface area (Å²) >= 11 is 0. The lowest BCUT2D eigenvalue weighted by atomic mass is 10.0. The average Bonchev–Trinajstić information content (AvgIpc) is 2.65. The van der Waals surface area contributed by atoms with Crippen LogP contribution in [-0.2, 0) is 0 Å². The van der Waals surface area contributed by atoms with Crippen molar-refractivity contribution in [3.63, 3.8) is 0 Å². The van der Waals surface area contributed by atoms with E-state index in [9.17, 15) is 5.26 Å². The van der Waals surface area contributed by atoms with Gasteiger partial charge in [0.1, 0.15) is 24.7 Å². The van der Waals surface area contributed by atoms with Gasteiger partial charge in [-0.1, -0.05) is 0 Å². The smallest absolute Gasteiger partial charge is 0.162 e. The molecule has 1 aliphatic heterocycles. The first-order valence-electron chi connectivity index (χ1n) is 7.48. The zero-order valence-corrected chi connectivity index (χ0v) is 13.5. The van der Waals surface area contributed by atoms with Crippen LogP contribution in [0.2, 0.25) is 0 Å². The van der Waals surface area contributed by atoms with Gasteiger partial charge in [0, 0.05) is 6.07 Å². The third-order valence-electron chi connectivity index (χ3n) is 3.66. The lowest BCUT2D eigenvalue weighted by Gasteiger charge is -2.18. The Labute approximate surface area is 140 Å². The monoisotopic (exact) mass is 323 g/mol. The molecule has 1 aliphatic rings. The standard InChI is InChI=1S/C19H17NO4/c1-21-16-8-13(9-17(11-16)22-2)7-15(12-20)14-3-4-18-19(10-14)24-6-5-23-18/h3-4,7-11H,5-6H2,1-2H3. The van der Waals surface area contributed by atoms with Crippen molar-refractivity contribution in [1.82, 2.24) is 0 Å². The van der Waals surface area contributed by atoms with Gasteiger partial charge < -0.3 is 18.9 Å². The minimum Gasteiger partial charge on any atom is -0.497 e. The molecule has 24 heavy (non-hydrogen) atoms. The lowest BCUT2D eigenvalue weighted by molar-refractivity contribution is 0.171. The van der Waals surface area contributed by atoms with E-state index in [0.29, 0.717) is 41.8 Å². The summed E-state index contributed by atoms with van der Waals surface area (Å²) in [5, 5.41) is 9.54. The molecule has 0 unspecified atom stereocenters. The maximum absolute atomic E-state index is 9.54. The number of methoxy groups -OCH3 is 2. The Kier molecular flexibility index (Phi) is 4.57. The molecule has 1 heterocycles. The molecule has 0 atom stereocenters. The van der Waals surface area contributed by atoms with Gasteiger partial charge in [-0.3, -0.25) is 0 Å². The van der Waals surface area contributed by atoms with Gasteiger partial charge in [-0.2, -0.15) is 5.26 Å². The molecule has 0 spiro atoms. The first kappa shape index (κ1) is 15.8. The van der Waals surface area contributed by atoms with Gasteiger partial charge in [0.15, 0.2) is 11.5 Å². The number of ether oxygens (including phenoxy) is 4. The summed E-state index contributed by atoms with van der Waals surface area (Å²) in [7, 11) is 3.18. The number of benzene rings is 2. The van der Waals surface area contributed by atoms with E-state index in [2.05, 4.69) is 6.07 Å². The Morgan fingerprint density at radius 2 is 1.67 bits per heavy atom. The van der Waals surface area contributed by atoms with Crippen LogP contribution in [0, 0.1) is 11.3 Å². The van der Waals surface area contributed by atoms with Crippen molar-refractivity contribution in [3.05, 3.63) is 47.5 Å². The predicted molar refractivity (Wildman–Crippen MR) is 90.5 cm³/mol. The summed E-state index contributed by atoms with van der Waals surface area (Å²) in [4.78, 5) is 0. The van der Waals surface area contributed by atoms with Gasteiger partial charge in [0.2, 0.25) is 0 Å². The SMILES string of the molecule is COc1cc(C=C(C#N)c2ccc3c(c2)OCCO3)cc(OC)c1. The molecule has 2 aromatic rings. The highest BCUT2D eigenvalue weighted by atomic mass is 16.6. The number of allylic oxidation sites excluding steroid dienone is 1. The molecule has 0 amide bonds. The van der Waals surface area contributed by atoms with E-state index < -0.39 is 0 Å². The fraction of sp³-hybridized carbons (Fsp3) is 0.211. The Hall–Kier alpha value is -3.13. The summed E-state index contributed by atoms with van der Waals surface area (Å²) in [5.41, 5.74) is 2.10. The second-order valence-electron chi connectivity index (χ2n) is 5.17. The quantitative estimate of drug-likeness (QED) is 0.636. The molecule has 0 N–H and O–H groups in total. The molecule has 3 rings (SSSR count). The van der Waals surface area contributed by atoms with Crippen LogP contribution in [-0.4, -0.2) is 27.4 Å². The molecule has 0 saturated heterocycles. The van der Waals surface area contributed by atoms with Crippen molar-refractivity contribution in [2.75, 3.05) is 27.4 Å². The number of nitrogens with zero attached hydrogens (tertiary/aromatic N) is 1. The zero-order chi connectivity index (χ0) is 16.9. The van der Waals surface area contributed by atoms with E-state index in [0.717, 1.165) is 11.1 Å². The number of hydrogen-bond donors (Lipinski definition) is 0. The largest absolute Gasteiger partial charge is 0.497 e. The molecular weight excluding hydrogens is 306 g/mol. The van der Waals surface area contributed by atoms with E-state index in [4.69, 9.17) is 18.9 Å². The van der Waals surface area contributed by atoms with E-state index in [1.165, 1.54) is 0 Å². The molecule has 5 heteroatoms. The maximum Gasteiger partial charge on any atom is 0.162 e. The minimum atomic E-state index is 0.509. The normalized spacial score (nSPS) is 13.1. The Morgan fingerprint density at radius 3 is 2.29 bits per heavy atom. The number of hydrogen-bond acceptors (Lipinski definition) is 5. The van der Waals surface area contributed by atoms with Crippen molar-refractivity contribution in [1.29, 1.82) is 5.26 Å². The summed E-state index contributed by atoms with van der Waals surface area (Å²) in [6.45, 7) is 1.05. The average molecular weight is 323 g/mol. The molecule has 0 aliphatic carbocycles. The van der Waals surface area contributed by atoms with E-state index in [1.54, 1.807) is 26.4 Å². The van der Waals surface area contributed by atoms with Gasteiger partial charge in [-0.05, 0) is 47.5 Å². The van der Waals surface area contributed by atoms with E-state index >= 15 is 0 Å².